The maximum Gasteiger partial charge on any atom is 0.356 e. The fourth-order valence-corrected chi connectivity index (χ4v) is 1.18. The first-order chi connectivity index (χ1) is 7.31. The van der Waals surface area contributed by atoms with Crippen molar-refractivity contribution in [1.29, 1.82) is 0 Å². The molecule has 2 rings (SSSR count). The fourth-order valence-electron chi connectivity index (χ4n) is 1.18. The van der Waals surface area contributed by atoms with Crippen LogP contribution in [0.25, 0.3) is 11.4 Å². The lowest BCUT2D eigenvalue weighted by Crippen LogP contribution is -2.00. The van der Waals surface area contributed by atoms with Gasteiger partial charge in [-0.1, -0.05) is 0 Å². The summed E-state index contributed by atoms with van der Waals surface area (Å²) in [5.41, 5.74) is 1.16. The van der Waals surface area contributed by atoms with E-state index in [-0.39, 0.29) is 0 Å². The van der Waals surface area contributed by atoms with Crippen molar-refractivity contribution in [3.05, 3.63) is 36.4 Å². The molecule has 0 radical (unpaired) electrons. The van der Waals surface area contributed by atoms with E-state index in [1.165, 1.54) is 13.3 Å². The van der Waals surface area contributed by atoms with E-state index in [1.807, 2.05) is 6.07 Å². The first-order valence-corrected chi connectivity index (χ1v) is 4.35. The number of carbonyl (C=O) groups is 1. The van der Waals surface area contributed by atoms with Gasteiger partial charge in [0, 0.05) is 18.0 Å². The predicted molar refractivity (Wildman–Crippen MR) is 53.2 cm³/mol. The summed E-state index contributed by atoms with van der Waals surface area (Å²) in [6.07, 6.45) is 4.78. The quantitative estimate of drug-likeness (QED) is 0.746. The van der Waals surface area contributed by atoms with Crippen molar-refractivity contribution in [2.75, 3.05) is 7.11 Å². The number of carbonyl (C=O) groups excluding carboxylic acids is 1. The number of ether oxygens (including phenoxy) is 1. The average molecular weight is 203 g/mol. The highest BCUT2D eigenvalue weighted by Crippen LogP contribution is 2.13. The van der Waals surface area contributed by atoms with Gasteiger partial charge < -0.3 is 9.72 Å². The first-order valence-electron chi connectivity index (χ1n) is 4.35. The van der Waals surface area contributed by atoms with Crippen LogP contribution in [0, 0.1) is 0 Å². The number of imidazole rings is 1. The van der Waals surface area contributed by atoms with E-state index >= 15 is 0 Å². The topological polar surface area (TPSA) is 67.9 Å². The van der Waals surface area contributed by atoms with Crippen molar-refractivity contribution in [3.8, 4) is 11.4 Å². The molecule has 0 atom stereocenters. The van der Waals surface area contributed by atoms with Crippen molar-refractivity contribution >= 4 is 5.97 Å². The lowest BCUT2D eigenvalue weighted by atomic mass is 10.3. The number of pyridine rings is 1. The number of H-pyrrole nitrogens is 1. The molecular formula is C10H9N3O2. The Morgan fingerprint density at radius 2 is 2.33 bits per heavy atom. The van der Waals surface area contributed by atoms with E-state index in [1.54, 1.807) is 18.5 Å². The maximum atomic E-state index is 11.1. The van der Waals surface area contributed by atoms with Crippen LogP contribution in [0.2, 0.25) is 0 Å². The number of methoxy groups -OCH3 is 1. The summed E-state index contributed by atoms with van der Waals surface area (Å²) >= 11 is 0. The predicted octanol–water partition coefficient (Wildman–Crippen LogP) is 1.26. The molecule has 0 unspecified atom stereocenters. The van der Waals surface area contributed by atoms with Gasteiger partial charge in [0.15, 0.2) is 0 Å². The third-order valence-electron chi connectivity index (χ3n) is 1.92. The molecule has 0 aliphatic rings. The fraction of sp³-hybridized carbons (Fsp3) is 0.100. The molecular weight excluding hydrogens is 194 g/mol. The third-order valence-corrected chi connectivity index (χ3v) is 1.92. The number of aromatic amines is 1. The van der Waals surface area contributed by atoms with Crippen LogP contribution in [0.3, 0.4) is 0 Å². The van der Waals surface area contributed by atoms with Crippen LogP contribution in [0.15, 0.2) is 30.7 Å². The molecule has 0 bridgehead atoms. The zero-order valence-electron chi connectivity index (χ0n) is 8.10. The van der Waals surface area contributed by atoms with E-state index < -0.39 is 5.97 Å². The number of esters is 1. The summed E-state index contributed by atoms with van der Waals surface area (Å²) in [6, 6.07) is 3.66. The highest BCUT2D eigenvalue weighted by molar-refractivity contribution is 5.87. The van der Waals surface area contributed by atoms with Crippen molar-refractivity contribution in [1.82, 2.24) is 15.0 Å². The summed E-state index contributed by atoms with van der Waals surface area (Å²) in [5, 5.41) is 0. The Bertz CT molecular complexity index is 465. The van der Waals surface area contributed by atoms with Crippen LogP contribution in [0.1, 0.15) is 10.5 Å². The molecule has 0 aliphatic heterocycles. The van der Waals surface area contributed by atoms with Crippen LogP contribution in [0.4, 0.5) is 0 Å². The summed E-state index contributed by atoms with van der Waals surface area (Å²) < 4.78 is 4.56. The zero-order chi connectivity index (χ0) is 10.7. The smallest absolute Gasteiger partial charge is 0.356 e. The Morgan fingerprint density at radius 3 is 3.00 bits per heavy atom. The number of rotatable bonds is 2. The normalized spacial score (nSPS) is 9.93. The molecule has 0 saturated heterocycles. The molecule has 0 spiro atoms. The van der Waals surface area contributed by atoms with Gasteiger partial charge in [0.25, 0.3) is 0 Å². The van der Waals surface area contributed by atoms with Crippen LogP contribution >= 0.6 is 0 Å². The number of hydrogen-bond donors (Lipinski definition) is 1. The van der Waals surface area contributed by atoms with E-state index in [4.69, 9.17) is 0 Å². The second-order valence-electron chi connectivity index (χ2n) is 2.88. The number of hydrogen-bond acceptors (Lipinski definition) is 4. The molecule has 0 saturated carbocycles. The van der Waals surface area contributed by atoms with Crippen molar-refractivity contribution < 1.29 is 9.53 Å². The van der Waals surface area contributed by atoms with Crippen LogP contribution in [-0.4, -0.2) is 28.0 Å². The highest BCUT2D eigenvalue weighted by atomic mass is 16.5. The summed E-state index contributed by atoms with van der Waals surface area (Å²) in [7, 11) is 1.33. The van der Waals surface area contributed by atoms with Gasteiger partial charge in [-0.05, 0) is 12.1 Å². The molecule has 2 heterocycles. The van der Waals surface area contributed by atoms with Crippen LogP contribution in [-0.2, 0) is 4.74 Å². The Hall–Kier alpha value is -2.17. The highest BCUT2D eigenvalue weighted by Gasteiger charge is 2.09. The number of nitrogens with zero attached hydrogens (tertiary/aromatic N) is 2. The standard InChI is InChI=1S/C10H9N3O2/c1-15-10(14)8-6-12-9(13-8)7-3-2-4-11-5-7/h2-6H,1H3,(H,12,13). The van der Waals surface area contributed by atoms with Gasteiger partial charge in [0.2, 0.25) is 0 Å². The molecule has 0 aliphatic carbocycles. The van der Waals surface area contributed by atoms with Gasteiger partial charge >= 0.3 is 5.97 Å². The summed E-state index contributed by atoms with van der Waals surface area (Å²) in [4.78, 5) is 22.0. The van der Waals surface area contributed by atoms with E-state index in [0.717, 1.165) is 5.56 Å². The molecule has 5 nitrogen and oxygen atoms in total. The van der Waals surface area contributed by atoms with E-state index in [2.05, 4.69) is 19.7 Å². The largest absolute Gasteiger partial charge is 0.464 e. The average Bonchev–Trinajstić information content (AvgIpc) is 2.78. The molecule has 2 aromatic rings. The van der Waals surface area contributed by atoms with Gasteiger partial charge in [0.05, 0.1) is 13.3 Å². The minimum Gasteiger partial charge on any atom is -0.464 e. The number of aromatic nitrogens is 3. The van der Waals surface area contributed by atoms with Crippen molar-refractivity contribution in [2.45, 2.75) is 0 Å². The van der Waals surface area contributed by atoms with Crippen molar-refractivity contribution in [3.63, 3.8) is 0 Å². The number of nitrogens with one attached hydrogen (secondary N) is 1. The molecule has 2 aromatic heterocycles. The van der Waals surface area contributed by atoms with Crippen molar-refractivity contribution in [2.24, 2.45) is 0 Å². The summed E-state index contributed by atoms with van der Waals surface area (Å²) in [6.45, 7) is 0. The molecule has 5 heteroatoms. The van der Waals surface area contributed by atoms with Crippen LogP contribution < -0.4 is 0 Å². The second kappa shape index (κ2) is 3.91. The molecule has 0 amide bonds. The van der Waals surface area contributed by atoms with Gasteiger partial charge in [-0.25, -0.2) is 9.78 Å². The van der Waals surface area contributed by atoms with Crippen LogP contribution in [0.5, 0.6) is 0 Å². The molecule has 0 aromatic carbocycles. The minimum absolute atomic E-state index is 0.330. The van der Waals surface area contributed by atoms with Gasteiger partial charge in [-0.2, -0.15) is 0 Å². The Kier molecular flexibility index (Phi) is 2.45. The SMILES string of the molecule is COC(=O)c1cnc(-c2cccnc2)[nH]1. The van der Waals surface area contributed by atoms with Gasteiger partial charge in [-0.3, -0.25) is 4.98 Å². The lowest BCUT2D eigenvalue weighted by molar-refractivity contribution is 0.0595. The Morgan fingerprint density at radius 1 is 1.47 bits per heavy atom. The van der Waals surface area contributed by atoms with E-state index in [9.17, 15) is 4.79 Å². The lowest BCUT2D eigenvalue weighted by Gasteiger charge is -1.95. The minimum atomic E-state index is -0.433. The second-order valence-corrected chi connectivity index (χ2v) is 2.88. The van der Waals surface area contributed by atoms with Gasteiger partial charge in [-0.15, -0.1) is 0 Å². The monoisotopic (exact) mass is 203 g/mol. The Balaban J connectivity index is 2.32. The molecule has 15 heavy (non-hydrogen) atoms. The molecule has 76 valence electrons. The summed E-state index contributed by atoms with van der Waals surface area (Å²) in [5.74, 6) is 0.168. The molecule has 1 N–H and O–H groups in total. The molecule has 0 fully saturated rings. The van der Waals surface area contributed by atoms with E-state index in [0.29, 0.717) is 11.5 Å². The first kappa shape index (κ1) is 9.39. The Labute approximate surface area is 86.1 Å². The maximum absolute atomic E-state index is 11.1. The zero-order valence-corrected chi connectivity index (χ0v) is 8.10. The third kappa shape index (κ3) is 1.85. The van der Waals surface area contributed by atoms with Gasteiger partial charge in [0.1, 0.15) is 11.5 Å².